The lowest BCUT2D eigenvalue weighted by molar-refractivity contribution is 0.404. The zero-order valence-electron chi connectivity index (χ0n) is 13.6. The first-order chi connectivity index (χ1) is 9.48. The second-order valence-electron chi connectivity index (χ2n) is 7.13. The van der Waals surface area contributed by atoms with E-state index in [9.17, 15) is 0 Å². The Kier molecular flexibility index (Phi) is 5.09. The van der Waals surface area contributed by atoms with Crippen LogP contribution in [0.25, 0.3) is 0 Å². The van der Waals surface area contributed by atoms with E-state index in [1.165, 1.54) is 43.6 Å². The third kappa shape index (κ3) is 4.52. The average Bonchev–Trinajstić information content (AvgIpc) is 2.45. The summed E-state index contributed by atoms with van der Waals surface area (Å²) < 4.78 is 0. The number of nitrogens with zero attached hydrogens (tertiary/aromatic N) is 1. The molecular weight excluding hydrogens is 244 g/mol. The fraction of sp³-hybridized carbons (Fsp3) is 0.667. The first kappa shape index (κ1) is 15.4. The quantitative estimate of drug-likeness (QED) is 0.885. The molecule has 0 aliphatic carbocycles. The summed E-state index contributed by atoms with van der Waals surface area (Å²) in [6, 6.07) is 9.11. The van der Waals surface area contributed by atoms with Crippen LogP contribution in [0.1, 0.15) is 52.5 Å². The van der Waals surface area contributed by atoms with E-state index in [1.54, 1.807) is 0 Å². The Hall–Kier alpha value is -1.02. The van der Waals surface area contributed by atoms with E-state index in [0.29, 0.717) is 0 Å². The number of rotatable bonds is 4. The molecular formula is C18H30N2. The lowest BCUT2D eigenvalue weighted by atomic mass is 9.95. The molecule has 1 saturated heterocycles. The Labute approximate surface area is 124 Å². The molecule has 0 aromatic heterocycles. The Morgan fingerprint density at radius 3 is 2.50 bits per heavy atom. The number of piperidine rings is 1. The van der Waals surface area contributed by atoms with Crippen molar-refractivity contribution in [2.45, 2.75) is 59.0 Å². The molecule has 1 aromatic carbocycles. The Bertz CT molecular complexity index is 402. The average molecular weight is 274 g/mol. The molecule has 2 nitrogen and oxygen atoms in total. The number of anilines is 1. The van der Waals surface area contributed by atoms with Gasteiger partial charge in [-0.3, -0.25) is 0 Å². The van der Waals surface area contributed by atoms with Gasteiger partial charge in [-0.1, -0.05) is 25.5 Å². The van der Waals surface area contributed by atoms with Crippen LogP contribution >= 0.6 is 0 Å². The molecule has 1 fully saturated rings. The van der Waals surface area contributed by atoms with Crippen LogP contribution in [-0.2, 0) is 6.54 Å². The fourth-order valence-electron chi connectivity index (χ4n) is 2.82. The van der Waals surface area contributed by atoms with Gasteiger partial charge in [0, 0.05) is 30.9 Å². The summed E-state index contributed by atoms with van der Waals surface area (Å²) in [6.45, 7) is 12.3. The minimum Gasteiger partial charge on any atom is -0.371 e. The molecule has 112 valence electrons. The Balaban J connectivity index is 1.94. The van der Waals surface area contributed by atoms with Gasteiger partial charge in [0.25, 0.3) is 0 Å². The monoisotopic (exact) mass is 274 g/mol. The standard InChI is InChI=1S/C18H30N2/c1-5-15-7-6-12-20(14-15)17-10-8-16(9-11-17)13-19-18(2,3)4/h8-11,15,19H,5-7,12-14H2,1-4H3. The summed E-state index contributed by atoms with van der Waals surface area (Å²) >= 11 is 0. The van der Waals surface area contributed by atoms with E-state index < -0.39 is 0 Å². The highest BCUT2D eigenvalue weighted by atomic mass is 15.1. The van der Waals surface area contributed by atoms with Crippen LogP contribution in [0.2, 0.25) is 0 Å². The van der Waals surface area contributed by atoms with Gasteiger partial charge < -0.3 is 10.2 Å². The van der Waals surface area contributed by atoms with Crippen molar-refractivity contribution in [3.8, 4) is 0 Å². The third-order valence-corrected chi connectivity index (χ3v) is 4.22. The summed E-state index contributed by atoms with van der Waals surface area (Å²) in [4.78, 5) is 2.55. The predicted molar refractivity (Wildman–Crippen MR) is 88.3 cm³/mol. The second kappa shape index (κ2) is 6.62. The van der Waals surface area contributed by atoms with E-state index in [2.05, 4.69) is 62.2 Å². The Morgan fingerprint density at radius 2 is 1.90 bits per heavy atom. The van der Waals surface area contributed by atoms with E-state index in [0.717, 1.165) is 12.5 Å². The van der Waals surface area contributed by atoms with Gasteiger partial charge in [0.15, 0.2) is 0 Å². The molecule has 0 spiro atoms. The van der Waals surface area contributed by atoms with Crippen molar-refractivity contribution in [3.05, 3.63) is 29.8 Å². The molecule has 1 aliphatic rings. The van der Waals surface area contributed by atoms with Crippen molar-refractivity contribution in [1.82, 2.24) is 5.32 Å². The predicted octanol–water partition coefficient (Wildman–Crippen LogP) is 4.20. The largest absolute Gasteiger partial charge is 0.371 e. The summed E-state index contributed by atoms with van der Waals surface area (Å²) in [7, 11) is 0. The lowest BCUT2D eigenvalue weighted by Crippen LogP contribution is -2.35. The highest BCUT2D eigenvalue weighted by Gasteiger charge is 2.18. The molecule has 0 radical (unpaired) electrons. The highest BCUT2D eigenvalue weighted by Crippen LogP contribution is 2.25. The van der Waals surface area contributed by atoms with Crippen LogP contribution < -0.4 is 10.2 Å². The molecule has 2 heteroatoms. The minimum absolute atomic E-state index is 0.180. The van der Waals surface area contributed by atoms with Crippen LogP contribution in [-0.4, -0.2) is 18.6 Å². The minimum atomic E-state index is 0.180. The van der Waals surface area contributed by atoms with Gasteiger partial charge in [-0.2, -0.15) is 0 Å². The molecule has 20 heavy (non-hydrogen) atoms. The summed E-state index contributed by atoms with van der Waals surface area (Å²) in [5.74, 6) is 0.881. The van der Waals surface area contributed by atoms with Crippen molar-refractivity contribution in [1.29, 1.82) is 0 Å². The molecule has 1 atom stereocenters. The maximum absolute atomic E-state index is 3.54. The Morgan fingerprint density at radius 1 is 1.20 bits per heavy atom. The van der Waals surface area contributed by atoms with Gasteiger partial charge in [0.05, 0.1) is 0 Å². The second-order valence-corrected chi connectivity index (χ2v) is 7.13. The van der Waals surface area contributed by atoms with Crippen LogP contribution in [0.5, 0.6) is 0 Å². The first-order valence-electron chi connectivity index (χ1n) is 8.07. The van der Waals surface area contributed by atoms with E-state index >= 15 is 0 Å². The van der Waals surface area contributed by atoms with Crippen molar-refractivity contribution in [2.75, 3.05) is 18.0 Å². The summed E-state index contributed by atoms with van der Waals surface area (Å²) in [6.07, 6.45) is 4.05. The van der Waals surface area contributed by atoms with Gasteiger partial charge in [-0.05, 0) is 57.2 Å². The van der Waals surface area contributed by atoms with Gasteiger partial charge in [0.1, 0.15) is 0 Å². The molecule has 1 N–H and O–H groups in total. The van der Waals surface area contributed by atoms with Crippen LogP contribution in [0.3, 0.4) is 0 Å². The molecule has 1 aromatic rings. The molecule has 2 rings (SSSR count). The van der Waals surface area contributed by atoms with Crippen LogP contribution in [0.15, 0.2) is 24.3 Å². The maximum Gasteiger partial charge on any atom is 0.0366 e. The fourth-order valence-corrected chi connectivity index (χ4v) is 2.82. The molecule has 1 heterocycles. The van der Waals surface area contributed by atoms with Crippen molar-refractivity contribution in [3.63, 3.8) is 0 Å². The van der Waals surface area contributed by atoms with Crippen LogP contribution in [0.4, 0.5) is 5.69 Å². The lowest BCUT2D eigenvalue weighted by Gasteiger charge is -2.34. The van der Waals surface area contributed by atoms with Gasteiger partial charge in [-0.25, -0.2) is 0 Å². The number of hydrogen-bond donors (Lipinski definition) is 1. The van der Waals surface area contributed by atoms with Gasteiger partial charge in [0.2, 0.25) is 0 Å². The van der Waals surface area contributed by atoms with E-state index in [4.69, 9.17) is 0 Å². The molecule has 0 amide bonds. The number of nitrogens with one attached hydrogen (secondary N) is 1. The SMILES string of the molecule is CCC1CCCN(c2ccc(CNC(C)(C)C)cc2)C1. The third-order valence-electron chi connectivity index (χ3n) is 4.22. The number of benzene rings is 1. The smallest absolute Gasteiger partial charge is 0.0366 e. The van der Waals surface area contributed by atoms with Crippen molar-refractivity contribution >= 4 is 5.69 Å². The summed E-state index contributed by atoms with van der Waals surface area (Å²) in [5.41, 5.74) is 2.94. The van der Waals surface area contributed by atoms with E-state index in [-0.39, 0.29) is 5.54 Å². The van der Waals surface area contributed by atoms with Crippen molar-refractivity contribution < 1.29 is 0 Å². The number of hydrogen-bond acceptors (Lipinski definition) is 2. The maximum atomic E-state index is 3.54. The van der Waals surface area contributed by atoms with Gasteiger partial charge in [-0.15, -0.1) is 0 Å². The van der Waals surface area contributed by atoms with Crippen molar-refractivity contribution in [2.24, 2.45) is 5.92 Å². The zero-order valence-corrected chi connectivity index (χ0v) is 13.6. The molecule has 0 saturated carbocycles. The van der Waals surface area contributed by atoms with E-state index in [1.807, 2.05) is 0 Å². The first-order valence-corrected chi connectivity index (χ1v) is 8.07. The highest BCUT2D eigenvalue weighted by molar-refractivity contribution is 5.48. The summed E-state index contributed by atoms with van der Waals surface area (Å²) in [5, 5.41) is 3.54. The zero-order chi connectivity index (χ0) is 14.6. The van der Waals surface area contributed by atoms with Crippen LogP contribution in [0, 0.1) is 5.92 Å². The molecule has 1 aliphatic heterocycles. The topological polar surface area (TPSA) is 15.3 Å². The normalized spacial score (nSPS) is 20.2. The molecule has 0 bridgehead atoms. The molecule has 1 unspecified atom stereocenters. The van der Waals surface area contributed by atoms with Gasteiger partial charge >= 0.3 is 0 Å².